The first-order valence-electron chi connectivity index (χ1n) is 6.18. The maximum Gasteiger partial charge on any atom is 0.313 e. The third-order valence-corrected chi connectivity index (χ3v) is 2.21. The molecule has 0 aromatic heterocycles. The molecule has 0 saturated carbocycles. The van der Waals surface area contributed by atoms with E-state index in [9.17, 15) is 14.4 Å². The first kappa shape index (κ1) is 17.0. The van der Waals surface area contributed by atoms with Crippen LogP contribution in [0.15, 0.2) is 36.0 Å². The van der Waals surface area contributed by atoms with Crippen LogP contribution in [0.25, 0.3) is 0 Å². The molecule has 0 unspecified atom stereocenters. The van der Waals surface area contributed by atoms with Crippen LogP contribution in [0, 0.1) is 0 Å². The summed E-state index contributed by atoms with van der Waals surface area (Å²) in [6.45, 7) is 5.42. The Kier molecular flexibility index (Phi) is 8.96. The summed E-state index contributed by atoms with van der Waals surface area (Å²) in [5, 5.41) is 0. The van der Waals surface area contributed by atoms with Gasteiger partial charge in [-0.15, -0.1) is 0 Å². The maximum atomic E-state index is 11.7. The summed E-state index contributed by atoms with van der Waals surface area (Å²) in [7, 11) is 0. The smallest absolute Gasteiger partial charge is 0.313 e. The standard InChI is InChI=1S/C15H20O4/c1-4-6-7-8-9-12(3)14(17)10-13(16)11-15(18)19-5-2/h4,6-9H,5,10-11H2,1-3H3/b6-4+,8-7+,12-9+. The van der Waals surface area contributed by atoms with Gasteiger partial charge in [0.1, 0.15) is 6.42 Å². The molecule has 0 N–H and O–H groups in total. The molecule has 0 aliphatic rings. The van der Waals surface area contributed by atoms with Crippen LogP contribution in [0.4, 0.5) is 0 Å². The van der Waals surface area contributed by atoms with Gasteiger partial charge in [0.2, 0.25) is 0 Å². The van der Waals surface area contributed by atoms with E-state index in [1.165, 1.54) is 0 Å². The quantitative estimate of drug-likeness (QED) is 0.292. The van der Waals surface area contributed by atoms with Crippen LogP contribution >= 0.6 is 0 Å². The molecule has 0 atom stereocenters. The molecule has 4 heteroatoms. The lowest BCUT2D eigenvalue weighted by Crippen LogP contribution is -2.15. The van der Waals surface area contributed by atoms with E-state index in [4.69, 9.17) is 0 Å². The molecule has 0 aliphatic carbocycles. The van der Waals surface area contributed by atoms with Gasteiger partial charge < -0.3 is 4.74 Å². The fourth-order valence-electron chi connectivity index (χ4n) is 1.22. The Bertz CT molecular complexity index is 414. The largest absolute Gasteiger partial charge is 0.466 e. The summed E-state index contributed by atoms with van der Waals surface area (Å²) in [6, 6.07) is 0. The molecule has 0 rings (SSSR count). The van der Waals surface area contributed by atoms with Gasteiger partial charge in [-0.05, 0) is 26.3 Å². The topological polar surface area (TPSA) is 60.4 Å². The first-order chi connectivity index (χ1) is 9.01. The maximum absolute atomic E-state index is 11.7. The zero-order chi connectivity index (χ0) is 14.7. The number of carbonyl (C=O) groups excluding carboxylic acids is 3. The van der Waals surface area contributed by atoms with E-state index < -0.39 is 11.8 Å². The van der Waals surface area contributed by atoms with Crippen molar-refractivity contribution >= 4 is 17.5 Å². The van der Waals surface area contributed by atoms with Gasteiger partial charge in [0.05, 0.1) is 13.0 Å². The molecule has 0 bridgehead atoms. The molecule has 0 aromatic carbocycles. The van der Waals surface area contributed by atoms with Gasteiger partial charge in [-0.3, -0.25) is 14.4 Å². The third-order valence-electron chi connectivity index (χ3n) is 2.21. The van der Waals surface area contributed by atoms with Crippen LogP contribution in [0.3, 0.4) is 0 Å². The van der Waals surface area contributed by atoms with Crippen molar-refractivity contribution in [1.82, 2.24) is 0 Å². The summed E-state index contributed by atoms with van der Waals surface area (Å²) in [6.07, 6.45) is 8.24. The van der Waals surface area contributed by atoms with Crippen molar-refractivity contribution in [2.24, 2.45) is 0 Å². The van der Waals surface area contributed by atoms with Gasteiger partial charge in [0.25, 0.3) is 0 Å². The second-order valence-electron chi connectivity index (χ2n) is 3.88. The third kappa shape index (κ3) is 8.71. The highest BCUT2D eigenvalue weighted by molar-refractivity contribution is 6.11. The molecule has 0 spiro atoms. The fourth-order valence-corrected chi connectivity index (χ4v) is 1.22. The van der Waals surface area contributed by atoms with Gasteiger partial charge >= 0.3 is 5.97 Å². The number of esters is 1. The number of Topliss-reactive ketones (excluding diaryl/α,β-unsaturated/α-hetero) is 2. The fraction of sp³-hybridized carbons (Fsp3) is 0.400. The van der Waals surface area contributed by atoms with Crippen LogP contribution in [0.5, 0.6) is 0 Å². The molecule has 104 valence electrons. The Labute approximate surface area is 113 Å². The molecule has 0 radical (unpaired) electrons. The lowest BCUT2D eigenvalue weighted by molar-refractivity contribution is -0.145. The molecule has 0 fully saturated rings. The van der Waals surface area contributed by atoms with Crippen molar-refractivity contribution in [2.45, 2.75) is 33.6 Å². The van der Waals surface area contributed by atoms with E-state index in [2.05, 4.69) is 4.74 Å². The van der Waals surface area contributed by atoms with Crippen LogP contribution in [0.2, 0.25) is 0 Å². The monoisotopic (exact) mass is 264 g/mol. The highest BCUT2D eigenvalue weighted by Gasteiger charge is 2.15. The number of carbonyl (C=O) groups is 3. The molecule has 19 heavy (non-hydrogen) atoms. The summed E-state index contributed by atoms with van der Waals surface area (Å²) >= 11 is 0. The number of allylic oxidation sites excluding steroid dienone is 6. The number of hydrogen-bond donors (Lipinski definition) is 0. The van der Waals surface area contributed by atoms with E-state index >= 15 is 0 Å². The van der Waals surface area contributed by atoms with E-state index in [1.54, 1.807) is 32.1 Å². The molecule has 0 amide bonds. The van der Waals surface area contributed by atoms with Crippen LogP contribution in [0.1, 0.15) is 33.6 Å². The van der Waals surface area contributed by atoms with Crippen molar-refractivity contribution in [3.05, 3.63) is 36.0 Å². The van der Waals surface area contributed by atoms with E-state index in [0.29, 0.717) is 5.57 Å². The number of rotatable bonds is 8. The lowest BCUT2D eigenvalue weighted by atomic mass is 10.1. The first-order valence-corrected chi connectivity index (χ1v) is 6.18. The van der Waals surface area contributed by atoms with Gasteiger partial charge in [-0.25, -0.2) is 0 Å². The Morgan fingerprint density at radius 3 is 2.32 bits per heavy atom. The number of ether oxygens (including phenoxy) is 1. The second kappa shape index (κ2) is 10.00. The molecule has 0 aromatic rings. The van der Waals surface area contributed by atoms with Gasteiger partial charge in [0.15, 0.2) is 11.6 Å². The van der Waals surface area contributed by atoms with Crippen molar-refractivity contribution in [1.29, 1.82) is 0 Å². The molecular weight excluding hydrogens is 244 g/mol. The Morgan fingerprint density at radius 2 is 1.74 bits per heavy atom. The van der Waals surface area contributed by atoms with Crippen LogP contribution in [-0.2, 0) is 19.1 Å². The van der Waals surface area contributed by atoms with E-state index in [-0.39, 0.29) is 25.2 Å². The number of ketones is 2. The summed E-state index contributed by atoms with van der Waals surface area (Å²) in [4.78, 5) is 34.2. The predicted octanol–water partition coefficient (Wildman–Crippen LogP) is 2.55. The molecule has 0 saturated heterocycles. The highest BCUT2D eigenvalue weighted by Crippen LogP contribution is 2.03. The minimum absolute atomic E-state index is 0.231. The predicted molar refractivity (Wildman–Crippen MR) is 73.6 cm³/mol. The SMILES string of the molecule is C/C=C/C=C/C=C(\C)C(=O)CC(=O)CC(=O)OCC. The van der Waals surface area contributed by atoms with E-state index in [1.807, 2.05) is 19.1 Å². The zero-order valence-corrected chi connectivity index (χ0v) is 11.6. The summed E-state index contributed by atoms with van der Waals surface area (Å²) in [5.74, 6) is -1.29. The normalized spacial score (nSPS) is 12.1. The van der Waals surface area contributed by atoms with E-state index in [0.717, 1.165) is 0 Å². The van der Waals surface area contributed by atoms with Crippen LogP contribution < -0.4 is 0 Å². The Morgan fingerprint density at radius 1 is 1.05 bits per heavy atom. The highest BCUT2D eigenvalue weighted by atomic mass is 16.5. The second-order valence-corrected chi connectivity index (χ2v) is 3.88. The lowest BCUT2D eigenvalue weighted by Gasteiger charge is -2.01. The molecular formula is C15H20O4. The molecule has 4 nitrogen and oxygen atoms in total. The molecule has 0 heterocycles. The van der Waals surface area contributed by atoms with Crippen molar-refractivity contribution in [3.63, 3.8) is 0 Å². The van der Waals surface area contributed by atoms with Crippen molar-refractivity contribution < 1.29 is 19.1 Å². The van der Waals surface area contributed by atoms with Crippen LogP contribution in [-0.4, -0.2) is 24.1 Å². The average molecular weight is 264 g/mol. The summed E-state index contributed by atoms with van der Waals surface area (Å²) < 4.78 is 4.64. The van der Waals surface area contributed by atoms with Crippen molar-refractivity contribution in [2.75, 3.05) is 6.61 Å². The zero-order valence-electron chi connectivity index (χ0n) is 11.6. The van der Waals surface area contributed by atoms with Crippen molar-refractivity contribution in [3.8, 4) is 0 Å². The van der Waals surface area contributed by atoms with Gasteiger partial charge in [-0.2, -0.15) is 0 Å². The number of hydrogen-bond acceptors (Lipinski definition) is 4. The summed E-state index contributed by atoms with van der Waals surface area (Å²) in [5.41, 5.74) is 0.484. The van der Waals surface area contributed by atoms with Gasteiger partial charge in [0, 0.05) is 0 Å². The minimum Gasteiger partial charge on any atom is -0.466 e. The van der Waals surface area contributed by atoms with Gasteiger partial charge in [-0.1, -0.05) is 30.4 Å². The Balaban J connectivity index is 4.29. The molecule has 0 aliphatic heterocycles. The minimum atomic E-state index is -0.588. The average Bonchev–Trinajstić information content (AvgIpc) is 2.34. The Hall–Kier alpha value is -1.97.